The third-order valence-corrected chi connectivity index (χ3v) is 3.57. The summed E-state index contributed by atoms with van der Waals surface area (Å²) in [4.78, 5) is 11.0. The number of benzene rings is 1. The molecule has 5 heteroatoms. The Labute approximate surface area is 112 Å². The van der Waals surface area contributed by atoms with Gasteiger partial charge in [0.1, 0.15) is 0 Å². The fourth-order valence-electron chi connectivity index (χ4n) is 2.56. The summed E-state index contributed by atoms with van der Waals surface area (Å²) in [5, 5.41) is 12.3. The van der Waals surface area contributed by atoms with Crippen molar-refractivity contribution in [2.24, 2.45) is 5.92 Å². The SMILES string of the molecule is COc1cc(C2CC(C(=O)O)CN2)cc(C)c1OC. The Balaban J connectivity index is 2.27. The van der Waals surface area contributed by atoms with E-state index in [9.17, 15) is 4.79 Å². The summed E-state index contributed by atoms with van der Waals surface area (Å²) in [5.41, 5.74) is 2.02. The minimum atomic E-state index is -0.743. The first-order chi connectivity index (χ1) is 9.06. The van der Waals surface area contributed by atoms with Crippen LogP contribution in [0.1, 0.15) is 23.6 Å². The third kappa shape index (κ3) is 2.66. The van der Waals surface area contributed by atoms with Crippen LogP contribution in [0.4, 0.5) is 0 Å². The largest absolute Gasteiger partial charge is 0.493 e. The van der Waals surface area contributed by atoms with Crippen molar-refractivity contribution in [3.05, 3.63) is 23.3 Å². The number of carbonyl (C=O) groups is 1. The van der Waals surface area contributed by atoms with Gasteiger partial charge < -0.3 is 19.9 Å². The van der Waals surface area contributed by atoms with Crippen LogP contribution in [-0.2, 0) is 4.79 Å². The van der Waals surface area contributed by atoms with Crippen molar-refractivity contribution in [2.45, 2.75) is 19.4 Å². The van der Waals surface area contributed by atoms with Crippen LogP contribution in [0.3, 0.4) is 0 Å². The van der Waals surface area contributed by atoms with Gasteiger partial charge in [0, 0.05) is 12.6 Å². The molecule has 2 atom stereocenters. The molecule has 2 N–H and O–H groups in total. The van der Waals surface area contributed by atoms with Gasteiger partial charge in [-0.25, -0.2) is 0 Å². The molecule has 0 saturated carbocycles. The Kier molecular flexibility index (Phi) is 3.95. The first-order valence-corrected chi connectivity index (χ1v) is 6.25. The minimum absolute atomic E-state index is 0.0552. The molecule has 1 aliphatic heterocycles. The van der Waals surface area contributed by atoms with Crippen LogP contribution in [0.5, 0.6) is 11.5 Å². The van der Waals surface area contributed by atoms with Crippen LogP contribution in [0.2, 0.25) is 0 Å². The molecule has 1 aromatic carbocycles. The number of nitrogens with one attached hydrogen (secondary N) is 1. The molecule has 2 unspecified atom stereocenters. The molecule has 1 aromatic rings. The van der Waals surface area contributed by atoms with Gasteiger partial charge >= 0.3 is 5.97 Å². The van der Waals surface area contributed by atoms with E-state index >= 15 is 0 Å². The second kappa shape index (κ2) is 5.48. The topological polar surface area (TPSA) is 67.8 Å². The summed E-state index contributed by atoms with van der Waals surface area (Å²) in [7, 11) is 3.21. The van der Waals surface area contributed by atoms with E-state index in [0.29, 0.717) is 18.7 Å². The Hall–Kier alpha value is -1.75. The second-order valence-electron chi connectivity index (χ2n) is 4.81. The van der Waals surface area contributed by atoms with Crippen molar-refractivity contribution in [3.63, 3.8) is 0 Å². The zero-order valence-electron chi connectivity index (χ0n) is 11.4. The molecule has 5 nitrogen and oxygen atoms in total. The van der Waals surface area contributed by atoms with E-state index in [1.165, 1.54) is 0 Å². The maximum absolute atomic E-state index is 11.0. The van der Waals surface area contributed by atoms with Crippen LogP contribution in [-0.4, -0.2) is 31.8 Å². The molecule has 2 rings (SSSR count). The summed E-state index contributed by atoms with van der Waals surface area (Å²) < 4.78 is 10.6. The average molecular weight is 265 g/mol. The number of carboxylic acid groups (broad SMARTS) is 1. The van der Waals surface area contributed by atoms with Gasteiger partial charge in [0.2, 0.25) is 0 Å². The number of aliphatic carboxylic acids is 1. The third-order valence-electron chi connectivity index (χ3n) is 3.57. The van der Waals surface area contributed by atoms with Crippen molar-refractivity contribution < 1.29 is 19.4 Å². The first kappa shape index (κ1) is 13.7. The molecule has 0 aliphatic carbocycles. The highest BCUT2D eigenvalue weighted by molar-refractivity contribution is 5.71. The number of hydrogen-bond donors (Lipinski definition) is 2. The quantitative estimate of drug-likeness (QED) is 0.868. The van der Waals surface area contributed by atoms with E-state index in [1.54, 1.807) is 14.2 Å². The first-order valence-electron chi connectivity index (χ1n) is 6.25. The molecule has 0 bridgehead atoms. The molecule has 0 aromatic heterocycles. The van der Waals surface area contributed by atoms with E-state index in [0.717, 1.165) is 16.9 Å². The van der Waals surface area contributed by atoms with E-state index in [1.807, 2.05) is 19.1 Å². The van der Waals surface area contributed by atoms with Gasteiger partial charge in [0.05, 0.1) is 20.1 Å². The monoisotopic (exact) mass is 265 g/mol. The standard InChI is InChI=1S/C14H19NO4/c1-8-4-9(6-12(18-2)13(8)19-3)11-5-10(7-15-11)14(16)17/h4,6,10-11,15H,5,7H2,1-3H3,(H,16,17). The predicted octanol–water partition coefficient (Wildman–Crippen LogP) is 1.75. The van der Waals surface area contributed by atoms with Crippen molar-refractivity contribution in [3.8, 4) is 11.5 Å². The fraction of sp³-hybridized carbons (Fsp3) is 0.500. The predicted molar refractivity (Wildman–Crippen MR) is 70.8 cm³/mol. The molecule has 0 spiro atoms. The van der Waals surface area contributed by atoms with Crippen molar-refractivity contribution >= 4 is 5.97 Å². The smallest absolute Gasteiger partial charge is 0.307 e. The summed E-state index contributed by atoms with van der Waals surface area (Å²) in [6, 6.07) is 3.98. The molecule has 104 valence electrons. The minimum Gasteiger partial charge on any atom is -0.493 e. The van der Waals surface area contributed by atoms with Crippen molar-refractivity contribution in [1.82, 2.24) is 5.32 Å². The number of hydrogen-bond acceptors (Lipinski definition) is 4. The average Bonchev–Trinajstić information content (AvgIpc) is 2.87. The van der Waals surface area contributed by atoms with Gasteiger partial charge in [-0.2, -0.15) is 0 Å². The Bertz CT molecular complexity index is 487. The maximum Gasteiger partial charge on any atom is 0.307 e. The van der Waals surface area contributed by atoms with Crippen LogP contribution in [0.15, 0.2) is 12.1 Å². The Morgan fingerprint density at radius 2 is 2.11 bits per heavy atom. The molecular weight excluding hydrogens is 246 g/mol. The lowest BCUT2D eigenvalue weighted by atomic mass is 9.98. The van der Waals surface area contributed by atoms with Crippen LogP contribution < -0.4 is 14.8 Å². The van der Waals surface area contributed by atoms with E-state index < -0.39 is 5.97 Å². The van der Waals surface area contributed by atoms with Gasteiger partial charge in [0.25, 0.3) is 0 Å². The zero-order valence-corrected chi connectivity index (χ0v) is 11.4. The highest BCUT2D eigenvalue weighted by Crippen LogP contribution is 2.36. The zero-order chi connectivity index (χ0) is 14.0. The second-order valence-corrected chi connectivity index (χ2v) is 4.81. The lowest BCUT2D eigenvalue weighted by molar-refractivity contribution is -0.141. The summed E-state index contributed by atoms with van der Waals surface area (Å²) in [6.07, 6.45) is 0.601. The summed E-state index contributed by atoms with van der Waals surface area (Å²) in [5.74, 6) is 0.336. The molecular formula is C14H19NO4. The molecule has 1 aliphatic rings. The number of methoxy groups -OCH3 is 2. The molecule has 1 saturated heterocycles. The van der Waals surface area contributed by atoms with Gasteiger partial charge in [0.15, 0.2) is 11.5 Å². The van der Waals surface area contributed by atoms with Gasteiger partial charge in [-0.1, -0.05) is 6.07 Å². The van der Waals surface area contributed by atoms with E-state index in [-0.39, 0.29) is 12.0 Å². The van der Waals surface area contributed by atoms with Gasteiger partial charge in [-0.05, 0) is 30.5 Å². The van der Waals surface area contributed by atoms with Gasteiger partial charge in [-0.3, -0.25) is 4.79 Å². The number of carboxylic acids is 1. The highest BCUT2D eigenvalue weighted by Gasteiger charge is 2.30. The molecule has 19 heavy (non-hydrogen) atoms. The van der Waals surface area contributed by atoms with Crippen molar-refractivity contribution in [2.75, 3.05) is 20.8 Å². The molecule has 0 radical (unpaired) electrons. The number of aryl methyl sites for hydroxylation is 1. The highest BCUT2D eigenvalue weighted by atomic mass is 16.5. The molecule has 1 heterocycles. The molecule has 1 fully saturated rings. The number of ether oxygens (including phenoxy) is 2. The van der Waals surface area contributed by atoms with Crippen LogP contribution in [0, 0.1) is 12.8 Å². The Morgan fingerprint density at radius 3 is 2.63 bits per heavy atom. The number of rotatable bonds is 4. The molecule has 0 amide bonds. The normalized spacial score (nSPS) is 22.3. The van der Waals surface area contributed by atoms with Crippen molar-refractivity contribution in [1.29, 1.82) is 0 Å². The summed E-state index contributed by atoms with van der Waals surface area (Å²) in [6.45, 7) is 2.46. The Morgan fingerprint density at radius 1 is 1.37 bits per heavy atom. The van der Waals surface area contributed by atoms with E-state index in [4.69, 9.17) is 14.6 Å². The lowest BCUT2D eigenvalue weighted by Gasteiger charge is -2.16. The fourth-order valence-corrected chi connectivity index (χ4v) is 2.56. The maximum atomic E-state index is 11.0. The van der Waals surface area contributed by atoms with Crippen LogP contribution in [0.25, 0.3) is 0 Å². The summed E-state index contributed by atoms with van der Waals surface area (Å²) >= 11 is 0. The van der Waals surface area contributed by atoms with Crippen LogP contribution >= 0.6 is 0 Å². The van der Waals surface area contributed by atoms with E-state index in [2.05, 4.69) is 5.32 Å². The van der Waals surface area contributed by atoms with Gasteiger partial charge in [-0.15, -0.1) is 0 Å². The lowest BCUT2D eigenvalue weighted by Crippen LogP contribution is -2.17.